The lowest BCUT2D eigenvalue weighted by Crippen LogP contribution is -2.48. The largest absolute Gasteiger partial charge is 0.341 e. The number of nitrogens with zero attached hydrogens (tertiary/aromatic N) is 3. The summed E-state index contributed by atoms with van der Waals surface area (Å²) in [4.78, 5) is 18.8. The quantitative estimate of drug-likeness (QED) is 0.801. The summed E-state index contributed by atoms with van der Waals surface area (Å²) in [7, 11) is 2.14. The van der Waals surface area contributed by atoms with Gasteiger partial charge in [0.15, 0.2) is 0 Å². The molecule has 4 nitrogen and oxygen atoms in total. The highest BCUT2D eigenvalue weighted by molar-refractivity contribution is 5.78. The fourth-order valence-electron chi connectivity index (χ4n) is 2.69. The van der Waals surface area contributed by atoms with Crippen molar-refractivity contribution >= 4 is 5.91 Å². The molecule has 0 aliphatic carbocycles. The maximum absolute atomic E-state index is 12.1. The van der Waals surface area contributed by atoms with Gasteiger partial charge in [0.2, 0.25) is 5.91 Å². The molecule has 1 atom stereocenters. The van der Waals surface area contributed by atoms with Crippen LogP contribution in [-0.4, -0.2) is 73.5 Å². The topological polar surface area (TPSA) is 26.8 Å². The Kier molecular flexibility index (Phi) is 11.6. The molecule has 0 aromatic heterocycles. The molecule has 4 heteroatoms. The van der Waals surface area contributed by atoms with Gasteiger partial charge in [-0.15, -0.1) is 0 Å². The van der Waals surface area contributed by atoms with Crippen molar-refractivity contribution in [1.82, 2.24) is 14.7 Å². The van der Waals surface area contributed by atoms with Crippen LogP contribution in [0.15, 0.2) is 0 Å². The molecular formula is C17H37N3O. The van der Waals surface area contributed by atoms with Crippen LogP contribution in [0.25, 0.3) is 0 Å². The average Bonchev–Trinajstić information content (AvgIpc) is 3.03. The van der Waals surface area contributed by atoms with Crippen LogP contribution in [0.3, 0.4) is 0 Å². The summed E-state index contributed by atoms with van der Waals surface area (Å²) in [5.41, 5.74) is 0. The van der Waals surface area contributed by atoms with E-state index in [9.17, 15) is 4.79 Å². The van der Waals surface area contributed by atoms with E-state index in [0.717, 1.165) is 45.2 Å². The molecule has 2 aliphatic heterocycles. The smallest absolute Gasteiger partial charge is 0.236 e. The van der Waals surface area contributed by atoms with Gasteiger partial charge in [0.25, 0.3) is 0 Å². The lowest BCUT2D eigenvalue weighted by Gasteiger charge is -2.32. The minimum atomic E-state index is 0.338. The van der Waals surface area contributed by atoms with Crippen LogP contribution in [-0.2, 0) is 4.79 Å². The number of hydrogen-bond acceptors (Lipinski definition) is 3. The van der Waals surface area contributed by atoms with Crippen molar-refractivity contribution in [3.63, 3.8) is 0 Å². The molecule has 0 N–H and O–H groups in total. The standard InChI is InChI=1S/C13H25N3O.2C2H6/c1-3-12-4-5-16(10-12)13(17)11-15-8-6-14(2)7-9-15;2*1-2/h12H,3-11H2,1-2H3;2*1-2H3. The van der Waals surface area contributed by atoms with E-state index >= 15 is 0 Å². The van der Waals surface area contributed by atoms with E-state index in [0.29, 0.717) is 12.5 Å². The van der Waals surface area contributed by atoms with E-state index in [2.05, 4.69) is 28.7 Å². The molecule has 1 amide bonds. The number of carbonyl (C=O) groups excluding carboxylic acids is 1. The molecule has 2 fully saturated rings. The van der Waals surface area contributed by atoms with Gasteiger partial charge in [0, 0.05) is 39.3 Å². The highest BCUT2D eigenvalue weighted by atomic mass is 16.2. The zero-order valence-electron chi connectivity index (χ0n) is 15.2. The molecule has 0 aromatic carbocycles. The third-order valence-electron chi connectivity index (χ3n) is 4.17. The maximum Gasteiger partial charge on any atom is 0.236 e. The number of amides is 1. The molecule has 2 heterocycles. The van der Waals surface area contributed by atoms with Crippen LogP contribution < -0.4 is 0 Å². The fraction of sp³-hybridized carbons (Fsp3) is 0.941. The lowest BCUT2D eigenvalue weighted by molar-refractivity contribution is -0.131. The van der Waals surface area contributed by atoms with Crippen molar-refractivity contribution in [2.75, 3.05) is 52.9 Å². The Labute approximate surface area is 132 Å². The minimum Gasteiger partial charge on any atom is -0.341 e. The molecule has 21 heavy (non-hydrogen) atoms. The van der Waals surface area contributed by atoms with Crippen LogP contribution >= 0.6 is 0 Å². The highest BCUT2D eigenvalue weighted by Crippen LogP contribution is 2.19. The van der Waals surface area contributed by atoms with Gasteiger partial charge in [0.1, 0.15) is 0 Å². The van der Waals surface area contributed by atoms with E-state index in [-0.39, 0.29) is 0 Å². The summed E-state index contributed by atoms with van der Waals surface area (Å²) in [6.07, 6.45) is 2.41. The van der Waals surface area contributed by atoms with E-state index in [4.69, 9.17) is 0 Å². The Balaban J connectivity index is 0.000000921. The second-order valence-corrected chi connectivity index (χ2v) is 5.48. The van der Waals surface area contributed by atoms with Crippen LogP contribution in [0.2, 0.25) is 0 Å². The SMILES string of the molecule is CC.CC.CCC1CCN(C(=O)CN2CCN(C)CC2)C1. The first kappa shape index (κ1) is 20.4. The molecule has 1 unspecified atom stereocenters. The zero-order valence-corrected chi connectivity index (χ0v) is 15.2. The van der Waals surface area contributed by atoms with Crippen molar-refractivity contribution in [2.45, 2.75) is 47.5 Å². The molecule has 2 aliphatic rings. The molecule has 0 radical (unpaired) electrons. The predicted octanol–water partition coefficient (Wildman–Crippen LogP) is 2.54. The van der Waals surface area contributed by atoms with Crippen molar-refractivity contribution in [3.8, 4) is 0 Å². The molecular weight excluding hydrogens is 262 g/mol. The van der Waals surface area contributed by atoms with E-state index in [1.54, 1.807) is 0 Å². The third kappa shape index (κ3) is 7.28. The second-order valence-electron chi connectivity index (χ2n) is 5.48. The van der Waals surface area contributed by atoms with Gasteiger partial charge in [-0.1, -0.05) is 41.0 Å². The van der Waals surface area contributed by atoms with E-state index in [1.807, 2.05) is 27.7 Å². The molecule has 0 bridgehead atoms. The van der Waals surface area contributed by atoms with Crippen molar-refractivity contribution < 1.29 is 4.79 Å². The van der Waals surface area contributed by atoms with E-state index < -0.39 is 0 Å². The van der Waals surface area contributed by atoms with Gasteiger partial charge in [0.05, 0.1) is 6.54 Å². The fourth-order valence-corrected chi connectivity index (χ4v) is 2.69. The summed E-state index contributed by atoms with van der Waals surface area (Å²) >= 11 is 0. The summed E-state index contributed by atoms with van der Waals surface area (Å²) in [5, 5.41) is 0. The summed E-state index contributed by atoms with van der Waals surface area (Å²) in [6.45, 7) is 17.1. The number of rotatable bonds is 3. The summed E-state index contributed by atoms with van der Waals surface area (Å²) in [5.74, 6) is 1.08. The first-order valence-electron chi connectivity index (χ1n) is 8.87. The first-order chi connectivity index (χ1) is 10.2. The van der Waals surface area contributed by atoms with Gasteiger partial charge >= 0.3 is 0 Å². The zero-order chi connectivity index (χ0) is 16.3. The lowest BCUT2D eigenvalue weighted by atomic mass is 10.1. The van der Waals surface area contributed by atoms with Crippen LogP contribution in [0.1, 0.15) is 47.5 Å². The Hall–Kier alpha value is -0.610. The minimum absolute atomic E-state index is 0.338. The Bertz CT molecular complexity index is 263. The highest BCUT2D eigenvalue weighted by Gasteiger charge is 2.26. The molecule has 0 saturated carbocycles. The number of carbonyl (C=O) groups is 1. The van der Waals surface area contributed by atoms with Crippen LogP contribution in [0.4, 0.5) is 0 Å². The monoisotopic (exact) mass is 299 g/mol. The molecule has 0 aromatic rings. The number of piperazine rings is 1. The third-order valence-corrected chi connectivity index (χ3v) is 4.17. The summed E-state index contributed by atoms with van der Waals surface area (Å²) < 4.78 is 0. The second kappa shape index (κ2) is 12.0. The Morgan fingerprint density at radius 1 is 1.00 bits per heavy atom. The molecule has 126 valence electrons. The Morgan fingerprint density at radius 3 is 2.05 bits per heavy atom. The molecule has 0 spiro atoms. The average molecular weight is 300 g/mol. The van der Waals surface area contributed by atoms with Gasteiger partial charge in [-0.2, -0.15) is 0 Å². The van der Waals surface area contributed by atoms with Crippen LogP contribution in [0.5, 0.6) is 0 Å². The molecule has 2 saturated heterocycles. The normalized spacial score (nSPS) is 23.0. The van der Waals surface area contributed by atoms with E-state index in [1.165, 1.54) is 12.8 Å². The molecule has 2 rings (SSSR count). The number of likely N-dealkylation sites (N-methyl/N-ethyl adjacent to an activating group) is 1. The van der Waals surface area contributed by atoms with Crippen molar-refractivity contribution in [1.29, 1.82) is 0 Å². The maximum atomic E-state index is 12.1. The summed E-state index contributed by atoms with van der Waals surface area (Å²) in [6, 6.07) is 0. The van der Waals surface area contributed by atoms with Gasteiger partial charge in [-0.05, 0) is 19.4 Å². The first-order valence-corrected chi connectivity index (χ1v) is 8.87. The Morgan fingerprint density at radius 2 is 1.57 bits per heavy atom. The number of likely N-dealkylation sites (tertiary alicyclic amines) is 1. The van der Waals surface area contributed by atoms with Gasteiger partial charge in [-0.3, -0.25) is 9.69 Å². The number of hydrogen-bond donors (Lipinski definition) is 0. The predicted molar refractivity (Wildman–Crippen MR) is 91.6 cm³/mol. The van der Waals surface area contributed by atoms with Crippen molar-refractivity contribution in [2.24, 2.45) is 5.92 Å². The van der Waals surface area contributed by atoms with Crippen molar-refractivity contribution in [3.05, 3.63) is 0 Å². The van der Waals surface area contributed by atoms with Gasteiger partial charge < -0.3 is 9.80 Å². The van der Waals surface area contributed by atoms with Crippen LogP contribution in [0, 0.1) is 5.92 Å². The van der Waals surface area contributed by atoms with Gasteiger partial charge in [-0.25, -0.2) is 0 Å².